The second kappa shape index (κ2) is 8.27. The quantitative estimate of drug-likeness (QED) is 0.658. The Bertz CT molecular complexity index is 1050. The summed E-state index contributed by atoms with van der Waals surface area (Å²) < 4.78 is 33.8. The molecule has 28 heavy (non-hydrogen) atoms. The molecule has 2 aromatic rings. The fourth-order valence-electron chi connectivity index (χ4n) is 2.98. The summed E-state index contributed by atoms with van der Waals surface area (Å²) >= 11 is 2.19. The van der Waals surface area contributed by atoms with Crippen LogP contribution in [0, 0.1) is 6.92 Å². The molecule has 8 nitrogen and oxygen atoms in total. The number of ether oxygens (including phenoxy) is 1. The number of esters is 1. The highest BCUT2D eigenvalue weighted by Crippen LogP contribution is 2.29. The zero-order valence-corrected chi connectivity index (χ0v) is 18.2. The Kier molecular flexibility index (Phi) is 6.18. The minimum Gasteiger partial charge on any atom is -0.462 e. The summed E-state index contributed by atoms with van der Waals surface area (Å²) in [7, 11) is -2.02. The van der Waals surface area contributed by atoms with Gasteiger partial charge in [0.2, 0.25) is 0 Å². The van der Waals surface area contributed by atoms with Gasteiger partial charge in [-0.05, 0) is 38.1 Å². The molecular weight excluding hydrogens is 422 g/mol. The summed E-state index contributed by atoms with van der Waals surface area (Å²) in [4.78, 5) is 29.7. The molecule has 1 unspecified atom stereocenters. The normalized spacial score (nSPS) is 18.5. The SMILES string of the molecule is CCOC(=O)c1sc(=NC(=O)C2CCCN2S(=O)(=O)c2cccs2)n(C)c1C. The van der Waals surface area contributed by atoms with Gasteiger partial charge in [0.1, 0.15) is 15.1 Å². The number of hydrogen-bond donors (Lipinski definition) is 0. The maximum absolute atomic E-state index is 12.8. The Labute approximate surface area is 171 Å². The molecule has 152 valence electrons. The molecule has 0 saturated carbocycles. The van der Waals surface area contributed by atoms with Crippen LogP contribution in [0.15, 0.2) is 26.7 Å². The van der Waals surface area contributed by atoms with Gasteiger partial charge in [-0.2, -0.15) is 9.30 Å². The van der Waals surface area contributed by atoms with E-state index < -0.39 is 27.9 Å². The van der Waals surface area contributed by atoms with Crippen molar-refractivity contribution in [3.63, 3.8) is 0 Å². The smallest absolute Gasteiger partial charge is 0.350 e. The summed E-state index contributed by atoms with van der Waals surface area (Å²) in [6, 6.07) is 2.37. The van der Waals surface area contributed by atoms with Crippen molar-refractivity contribution in [3.8, 4) is 0 Å². The molecule has 1 atom stereocenters. The number of aromatic nitrogens is 1. The highest BCUT2D eigenvalue weighted by atomic mass is 32.2. The first-order valence-corrected chi connectivity index (χ1v) is 11.9. The third-order valence-corrected chi connectivity index (χ3v) is 9.02. The van der Waals surface area contributed by atoms with Gasteiger partial charge in [0.05, 0.1) is 6.61 Å². The first-order chi connectivity index (χ1) is 13.3. The molecule has 1 amide bonds. The molecule has 3 heterocycles. The number of thiazole rings is 1. The molecule has 0 aliphatic carbocycles. The van der Waals surface area contributed by atoms with Crippen molar-refractivity contribution in [2.75, 3.05) is 13.2 Å². The summed E-state index contributed by atoms with van der Waals surface area (Å²) in [5.74, 6) is -0.984. The monoisotopic (exact) mass is 443 g/mol. The number of amides is 1. The Morgan fingerprint density at radius 2 is 2.14 bits per heavy atom. The van der Waals surface area contributed by atoms with E-state index >= 15 is 0 Å². The van der Waals surface area contributed by atoms with Crippen LogP contribution < -0.4 is 4.80 Å². The van der Waals surface area contributed by atoms with Gasteiger partial charge in [-0.25, -0.2) is 13.2 Å². The van der Waals surface area contributed by atoms with Gasteiger partial charge in [-0.3, -0.25) is 4.79 Å². The molecule has 0 aromatic carbocycles. The largest absolute Gasteiger partial charge is 0.462 e. The van der Waals surface area contributed by atoms with Crippen LogP contribution in [0.5, 0.6) is 0 Å². The van der Waals surface area contributed by atoms with Crippen LogP contribution in [-0.4, -0.2) is 48.4 Å². The zero-order chi connectivity index (χ0) is 20.5. The van der Waals surface area contributed by atoms with E-state index in [1.54, 1.807) is 36.9 Å². The molecule has 1 saturated heterocycles. The average Bonchev–Trinajstić information content (AvgIpc) is 3.39. The minimum absolute atomic E-state index is 0.217. The van der Waals surface area contributed by atoms with Crippen LogP contribution in [-0.2, 0) is 26.6 Å². The van der Waals surface area contributed by atoms with E-state index in [0.717, 1.165) is 22.7 Å². The topological polar surface area (TPSA) is 98.0 Å². The lowest BCUT2D eigenvalue weighted by molar-refractivity contribution is -0.121. The molecule has 0 radical (unpaired) electrons. The van der Waals surface area contributed by atoms with Crippen molar-refractivity contribution in [1.82, 2.24) is 8.87 Å². The lowest BCUT2D eigenvalue weighted by atomic mass is 10.2. The van der Waals surface area contributed by atoms with E-state index in [0.29, 0.717) is 28.2 Å². The van der Waals surface area contributed by atoms with Crippen LogP contribution >= 0.6 is 22.7 Å². The predicted molar refractivity (Wildman–Crippen MR) is 106 cm³/mol. The lowest BCUT2D eigenvalue weighted by Gasteiger charge is -2.20. The van der Waals surface area contributed by atoms with E-state index in [4.69, 9.17) is 4.74 Å². The second-order valence-corrected chi connectivity index (χ2v) is 10.3. The van der Waals surface area contributed by atoms with Gasteiger partial charge in [0, 0.05) is 19.3 Å². The number of hydrogen-bond acceptors (Lipinski definition) is 7. The van der Waals surface area contributed by atoms with Crippen LogP contribution in [0.4, 0.5) is 0 Å². The highest BCUT2D eigenvalue weighted by Gasteiger charge is 2.40. The fraction of sp³-hybridized carbons (Fsp3) is 0.471. The Balaban J connectivity index is 1.92. The first-order valence-electron chi connectivity index (χ1n) is 8.74. The van der Waals surface area contributed by atoms with Gasteiger partial charge >= 0.3 is 5.97 Å². The van der Waals surface area contributed by atoms with Crippen molar-refractivity contribution in [2.45, 2.75) is 36.9 Å². The van der Waals surface area contributed by atoms with Gasteiger partial charge in [0.25, 0.3) is 15.9 Å². The van der Waals surface area contributed by atoms with Crippen LogP contribution in [0.2, 0.25) is 0 Å². The van der Waals surface area contributed by atoms with E-state index in [9.17, 15) is 18.0 Å². The Morgan fingerprint density at radius 3 is 2.79 bits per heavy atom. The Morgan fingerprint density at radius 1 is 1.39 bits per heavy atom. The van der Waals surface area contributed by atoms with Crippen LogP contribution in [0.25, 0.3) is 0 Å². The number of carbonyl (C=O) groups excluding carboxylic acids is 2. The first kappa shape index (κ1) is 20.9. The third-order valence-electron chi connectivity index (χ3n) is 4.53. The molecule has 0 bridgehead atoms. The standard InChI is InChI=1S/C17H21N3O5S3/c1-4-25-16(22)14-11(2)19(3)17(27-14)18-15(21)12-7-5-9-20(12)28(23,24)13-8-6-10-26-13/h6,8,10,12H,4-5,7,9H2,1-3H3. The molecule has 3 rings (SSSR count). The van der Waals surface area contributed by atoms with Crippen molar-refractivity contribution < 1.29 is 22.7 Å². The van der Waals surface area contributed by atoms with E-state index in [2.05, 4.69) is 4.99 Å². The van der Waals surface area contributed by atoms with Gasteiger partial charge in [-0.1, -0.05) is 17.4 Å². The zero-order valence-electron chi connectivity index (χ0n) is 15.7. The second-order valence-electron chi connectivity index (χ2n) is 6.23. The van der Waals surface area contributed by atoms with Crippen molar-refractivity contribution in [1.29, 1.82) is 0 Å². The fourth-order valence-corrected chi connectivity index (χ4v) is 6.77. The number of sulfonamides is 1. The molecular formula is C17H21N3O5S3. The summed E-state index contributed by atoms with van der Waals surface area (Å²) in [6.07, 6.45) is 1.02. The average molecular weight is 444 g/mol. The van der Waals surface area contributed by atoms with Gasteiger partial charge < -0.3 is 9.30 Å². The molecule has 1 aliphatic heterocycles. The number of thiophene rings is 1. The van der Waals surface area contributed by atoms with E-state index in [-0.39, 0.29) is 17.4 Å². The van der Waals surface area contributed by atoms with Crippen molar-refractivity contribution in [3.05, 3.63) is 32.9 Å². The van der Waals surface area contributed by atoms with Crippen LogP contribution in [0.1, 0.15) is 35.1 Å². The summed E-state index contributed by atoms with van der Waals surface area (Å²) in [5.41, 5.74) is 0.643. The van der Waals surface area contributed by atoms with E-state index in [1.807, 2.05) is 0 Å². The Hall–Kier alpha value is -1.82. The van der Waals surface area contributed by atoms with Gasteiger partial charge in [0.15, 0.2) is 4.80 Å². The molecule has 2 aromatic heterocycles. The number of carbonyl (C=O) groups is 2. The predicted octanol–water partition coefficient (Wildman–Crippen LogP) is 1.91. The third kappa shape index (κ3) is 3.84. The molecule has 11 heteroatoms. The summed E-state index contributed by atoms with van der Waals surface area (Å²) in [6.45, 7) is 4.01. The van der Waals surface area contributed by atoms with Crippen molar-refractivity contribution >= 4 is 44.6 Å². The minimum atomic E-state index is -3.72. The molecule has 1 aliphatic rings. The maximum atomic E-state index is 12.8. The van der Waals surface area contributed by atoms with Crippen LogP contribution in [0.3, 0.4) is 0 Å². The molecule has 0 spiro atoms. The van der Waals surface area contributed by atoms with Crippen molar-refractivity contribution in [2.24, 2.45) is 12.0 Å². The molecule has 1 fully saturated rings. The van der Waals surface area contributed by atoms with Gasteiger partial charge in [-0.15, -0.1) is 11.3 Å². The maximum Gasteiger partial charge on any atom is 0.350 e. The number of rotatable bonds is 5. The van der Waals surface area contributed by atoms with E-state index in [1.165, 1.54) is 10.4 Å². The number of nitrogens with zero attached hydrogens (tertiary/aromatic N) is 3. The summed E-state index contributed by atoms with van der Waals surface area (Å²) in [5, 5.41) is 1.69. The molecule has 0 N–H and O–H groups in total. The lowest BCUT2D eigenvalue weighted by Crippen LogP contribution is -2.40. The highest BCUT2D eigenvalue weighted by molar-refractivity contribution is 7.91.